The zero-order valence-electron chi connectivity index (χ0n) is 8.50. The summed E-state index contributed by atoms with van der Waals surface area (Å²) >= 11 is 0. The van der Waals surface area contributed by atoms with E-state index in [1.54, 1.807) is 0 Å². The number of rotatable bonds is 2. The molecule has 1 fully saturated rings. The minimum absolute atomic E-state index is 0.116. The molecule has 4 nitrogen and oxygen atoms in total. The van der Waals surface area contributed by atoms with Crippen LogP contribution in [0, 0.1) is 0 Å². The molecular formula is C9H12F3N3O. The molecule has 1 aliphatic rings. The number of halogens is 3. The van der Waals surface area contributed by atoms with Gasteiger partial charge in [0.1, 0.15) is 0 Å². The van der Waals surface area contributed by atoms with E-state index in [4.69, 9.17) is 4.74 Å². The molecule has 0 bridgehead atoms. The van der Waals surface area contributed by atoms with E-state index >= 15 is 0 Å². The van der Waals surface area contributed by atoms with E-state index in [1.165, 1.54) is 10.9 Å². The fourth-order valence-electron chi connectivity index (χ4n) is 1.56. The average Bonchev–Trinajstić information content (AvgIpc) is 2.67. The molecular weight excluding hydrogens is 223 g/mol. The summed E-state index contributed by atoms with van der Waals surface area (Å²) in [7, 11) is 0. The highest BCUT2D eigenvalue weighted by atomic mass is 19.4. The normalized spacial score (nSPS) is 22.3. The van der Waals surface area contributed by atoms with Gasteiger partial charge < -0.3 is 10.1 Å². The molecule has 7 heteroatoms. The van der Waals surface area contributed by atoms with Crippen molar-refractivity contribution in [2.45, 2.75) is 18.8 Å². The number of alkyl halides is 3. The predicted octanol–water partition coefficient (Wildman–Crippen LogP) is 0.890. The molecule has 1 N–H and O–H groups in total. The first-order valence-corrected chi connectivity index (χ1v) is 4.98. The highest BCUT2D eigenvalue weighted by molar-refractivity contribution is 5.03. The minimum Gasteiger partial charge on any atom is -0.374 e. The van der Waals surface area contributed by atoms with Crippen molar-refractivity contribution in [1.82, 2.24) is 15.1 Å². The van der Waals surface area contributed by atoms with Crippen molar-refractivity contribution in [2.24, 2.45) is 0 Å². The molecule has 1 atom stereocenters. The Kier molecular flexibility index (Phi) is 3.15. The van der Waals surface area contributed by atoms with Crippen molar-refractivity contribution in [2.75, 3.05) is 19.7 Å². The molecule has 0 saturated carbocycles. The monoisotopic (exact) mass is 235 g/mol. The second-order valence-electron chi connectivity index (χ2n) is 3.62. The summed E-state index contributed by atoms with van der Waals surface area (Å²) in [5.41, 5.74) is -0.865. The van der Waals surface area contributed by atoms with Gasteiger partial charge in [-0.15, -0.1) is 0 Å². The average molecular weight is 235 g/mol. The maximum absolute atomic E-state index is 12.3. The predicted molar refractivity (Wildman–Crippen MR) is 49.8 cm³/mol. The van der Waals surface area contributed by atoms with E-state index in [0.29, 0.717) is 19.7 Å². The zero-order valence-corrected chi connectivity index (χ0v) is 8.50. The summed E-state index contributed by atoms with van der Waals surface area (Å²) in [6, 6.07) is 0.969. The van der Waals surface area contributed by atoms with Gasteiger partial charge in [-0.3, -0.25) is 4.68 Å². The fourth-order valence-corrected chi connectivity index (χ4v) is 1.56. The van der Waals surface area contributed by atoms with Gasteiger partial charge in [-0.25, -0.2) is 0 Å². The Morgan fingerprint density at radius 1 is 1.56 bits per heavy atom. The van der Waals surface area contributed by atoms with Gasteiger partial charge in [0.2, 0.25) is 0 Å². The van der Waals surface area contributed by atoms with Crippen molar-refractivity contribution in [1.29, 1.82) is 0 Å². The SMILES string of the molecule is FC(F)(F)c1ccn(CC2CNCCO2)n1. The van der Waals surface area contributed by atoms with E-state index < -0.39 is 11.9 Å². The van der Waals surface area contributed by atoms with Gasteiger partial charge in [0.25, 0.3) is 0 Å². The maximum Gasteiger partial charge on any atom is 0.435 e. The summed E-state index contributed by atoms with van der Waals surface area (Å²) in [5.74, 6) is 0. The third kappa shape index (κ3) is 2.73. The van der Waals surface area contributed by atoms with Crippen LogP contribution in [0.2, 0.25) is 0 Å². The molecule has 90 valence electrons. The minimum atomic E-state index is -4.38. The lowest BCUT2D eigenvalue weighted by Gasteiger charge is -2.23. The summed E-state index contributed by atoms with van der Waals surface area (Å²) in [5, 5.41) is 6.56. The van der Waals surface area contributed by atoms with E-state index in [1.807, 2.05) is 0 Å². The van der Waals surface area contributed by atoms with Gasteiger partial charge >= 0.3 is 6.18 Å². The van der Waals surface area contributed by atoms with Crippen molar-refractivity contribution in [3.63, 3.8) is 0 Å². The van der Waals surface area contributed by atoms with Crippen LogP contribution in [-0.2, 0) is 17.5 Å². The van der Waals surface area contributed by atoms with Crippen LogP contribution in [0.25, 0.3) is 0 Å². The lowest BCUT2D eigenvalue weighted by atomic mass is 10.3. The zero-order chi connectivity index (χ0) is 11.6. The lowest BCUT2D eigenvalue weighted by molar-refractivity contribution is -0.141. The van der Waals surface area contributed by atoms with Gasteiger partial charge in [-0.1, -0.05) is 0 Å². The van der Waals surface area contributed by atoms with Crippen LogP contribution in [0.5, 0.6) is 0 Å². The Balaban J connectivity index is 1.97. The number of morpholine rings is 1. The Morgan fingerprint density at radius 2 is 2.38 bits per heavy atom. The number of hydrogen-bond donors (Lipinski definition) is 1. The van der Waals surface area contributed by atoms with Gasteiger partial charge in [0.05, 0.1) is 19.3 Å². The first kappa shape index (κ1) is 11.4. The van der Waals surface area contributed by atoms with Gasteiger partial charge in [0, 0.05) is 19.3 Å². The third-order valence-corrected chi connectivity index (χ3v) is 2.33. The molecule has 1 aromatic rings. The van der Waals surface area contributed by atoms with E-state index in [2.05, 4.69) is 10.4 Å². The third-order valence-electron chi connectivity index (χ3n) is 2.33. The summed E-state index contributed by atoms with van der Waals surface area (Å²) in [4.78, 5) is 0. The van der Waals surface area contributed by atoms with E-state index in [9.17, 15) is 13.2 Å². The first-order chi connectivity index (χ1) is 7.55. The second kappa shape index (κ2) is 4.42. The van der Waals surface area contributed by atoms with Gasteiger partial charge in [-0.2, -0.15) is 18.3 Å². The highest BCUT2D eigenvalue weighted by Gasteiger charge is 2.33. The van der Waals surface area contributed by atoms with Crippen LogP contribution in [-0.4, -0.2) is 35.6 Å². The second-order valence-corrected chi connectivity index (χ2v) is 3.62. The molecule has 0 aliphatic carbocycles. The van der Waals surface area contributed by atoms with Crippen LogP contribution in [0.1, 0.15) is 5.69 Å². The smallest absolute Gasteiger partial charge is 0.374 e. The number of hydrogen-bond acceptors (Lipinski definition) is 3. The van der Waals surface area contributed by atoms with Crippen LogP contribution in [0.4, 0.5) is 13.2 Å². The van der Waals surface area contributed by atoms with Gasteiger partial charge in [-0.05, 0) is 6.07 Å². The highest BCUT2D eigenvalue weighted by Crippen LogP contribution is 2.27. The first-order valence-electron chi connectivity index (χ1n) is 4.98. The Labute approximate surface area is 90.4 Å². The fraction of sp³-hybridized carbons (Fsp3) is 0.667. The molecule has 16 heavy (non-hydrogen) atoms. The Morgan fingerprint density at radius 3 is 2.94 bits per heavy atom. The molecule has 1 unspecified atom stereocenters. The van der Waals surface area contributed by atoms with Crippen molar-refractivity contribution in [3.8, 4) is 0 Å². The van der Waals surface area contributed by atoms with Crippen LogP contribution < -0.4 is 5.32 Å². The summed E-state index contributed by atoms with van der Waals surface area (Å²) < 4.78 is 43.4. The number of ether oxygens (including phenoxy) is 1. The van der Waals surface area contributed by atoms with Gasteiger partial charge in [0.15, 0.2) is 5.69 Å². The molecule has 1 aliphatic heterocycles. The molecule has 1 saturated heterocycles. The van der Waals surface area contributed by atoms with Crippen molar-refractivity contribution < 1.29 is 17.9 Å². The van der Waals surface area contributed by atoms with E-state index in [0.717, 1.165) is 12.6 Å². The summed E-state index contributed by atoms with van der Waals surface area (Å²) in [6.07, 6.45) is -3.17. The molecule has 0 amide bonds. The van der Waals surface area contributed by atoms with Crippen molar-refractivity contribution >= 4 is 0 Å². The topological polar surface area (TPSA) is 39.1 Å². The molecule has 1 aromatic heterocycles. The number of nitrogens with one attached hydrogen (secondary N) is 1. The molecule has 2 rings (SSSR count). The molecule has 2 heterocycles. The Hall–Kier alpha value is -1.08. The van der Waals surface area contributed by atoms with Crippen LogP contribution in [0.3, 0.4) is 0 Å². The lowest BCUT2D eigenvalue weighted by Crippen LogP contribution is -2.40. The quantitative estimate of drug-likeness (QED) is 0.827. The van der Waals surface area contributed by atoms with Crippen molar-refractivity contribution in [3.05, 3.63) is 18.0 Å². The largest absolute Gasteiger partial charge is 0.435 e. The van der Waals surface area contributed by atoms with E-state index in [-0.39, 0.29) is 6.10 Å². The molecule has 0 spiro atoms. The van der Waals surface area contributed by atoms with Crippen LogP contribution >= 0.6 is 0 Å². The number of aromatic nitrogens is 2. The summed E-state index contributed by atoms with van der Waals surface area (Å²) in [6.45, 7) is 2.34. The Bertz CT molecular complexity index is 344. The number of nitrogens with zero attached hydrogens (tertiary/aromatic N) is 2. The molecule has 0 radical (unpaired) electrons. The molecule has 0 aromatic carbocycles. The van der Waals surface area contributed by atoms with Crippen LogP contribution in [0.15, 0.2) is 12.3 Å². The standard InChI is InChI=1S/C9H12F3N3O/c10-9(11,12)8-1-3-15(14-8)6-7-5-13-2-4-16-7/h1,3,7,13H,2,4-6H2. The maximum atomic E-state index is 12.3.